The number of aromatic nitrogens is 1. The molecule has 0 radical (unpaired) electrons. The number of ether oxygens (including phenoxy) is 2. The lowest BCUT2D eigenvalue weighted by atomic mass is 9.99. The van der Waals surface area contributed by atoms with Crippen LogP contribution in [0.15, 0.2) is 114 Å². The second-order valence-corrected chi connectivity index (χ2v) is 9.92. The summed E-state index contributed by atoms with van der Waals surface area (Å²) in [5.74, 6) is -1.07. The highest BCUT2D eigenvalue weighted by Gasteiger charge is 2.29. The van der Waals surface area contributed by atoms with Crippen molar-refractivity contribution in [2.24, 2.45) is 5.92 Å². The molecular formula is C35H31NO6. The second-order valence-electron chi connectivity index (χ2n) is 9.92. The first-order chi connectivity index (χ1) is 20.5. The molecule has 1 N–H and O–H groups in total. The van der Waals surface area contributed by atoms with E-state index in [-0.39, 0.29) is 6.42 Å². The molecule has 5 rings (SSSR count). The maximum atomic E-state index is 13.0. The molecule has 7 nitrogen and oxygen atoms in total. The number of carbonyl (C=O) groups excluding carboxylic acids is 1. The topological polar surface area (TPSA) is 98.9 Å². The summed E-state index contributed by atoms with van der Waals surface area (Å²) >= 11 is 0. The average Bonchev–Trinajstić information content (AvgIpc) is 3.38. The van der Waals surface area contributed by atoms with Crippen molar-refractivity contribution in [3.8, 4) is 23.0 Å². The minimum atomic E-state index is -1.35. The number of benzene rings is 4. The molecular weight excluding hydrogens is 530 g/mol. The van der Waals surface area contributed by atoms with Crippen molar-refractivity contribution in [2.75, 3.05) is 6.61 Å². The molecule has 4 aromatic carbocycles. The molecule has 0 saturated heterocycles. The van der Waals surface area contributed by atoms with Gasteiger partial charge in [0.15, 0.2) is 5.92 Å². The van der Waals surface area contributed by atoms with E-state index in [2.05, 4.69) is 4.98 Å². The first kappa shape index (κ1) is 28.4. The molecule has 1 unspecified atom stereocenters. The highest BCUT2D eigenvalue weighted by molar-refractivity contribution is 5.95. The Bertz CT molecular complexity index is 1630. The summed E-state index contributed by atoms with van der Waals surface area (Å²) in [6.45, 7) is 2.28. The zero-order valence-electron chi connectivity index (χ0n) is 23.2. The monoisotopic (exact) mass is 561 g/mol. The fraction of sp³-hybridized carbons (Fsp3) is 0.171. The molecule has 212 valence electrons. The van der Waals surface area contributed by atoms with E-state index in [1.807, 2.05) is 79.7 Å². The summed E-state index contributed by atoms with van der Waals surface area (Å²) in [4.78, 5) is 29.6. The van der Waals surface area contributed by atoms with Crippen LogP contribution in [0.2, 0.25) is 0 Å². The Hall–Kier alpha value is -5.17. The minimum Gasteiger partial charge on any atom is -0.493 e. The van der Waals surface area contributed by atoms with Crippen LogP contribution >= 0.6 is 0 Å². The number of esters is 1. The molecule has 7 heteroatoms. The molecule has 1 heterocycles. The first-order valence-corrected chi connectivity index (χ1v) is 13.8. The quantitative estimate of drug-likeness (QED) is 0.103. The van der Waals surface area contributed by atoms with Crippen molar-refractivity contribution in [1.82, 2.24) is 4.98 Å². The van der Waals surface area contributed by atoms with E-state index in [0.29, 0.717) is 42.4 Å². The fourth-order valence-electron chi connectivity index (χ4n) is 4.60. The van der Waals surface area contributed by atoms with Crippen molar-refractivity contribution in [2.45, 2.75) is 26.2 Å². The van der Waals surface area contributed by atoms with Crippen LogP contribution < -0.4 is 9.47 Å². The number of carboxylic acids is 1. The van der Waals surface area contributed by atoms with Gasteiger partial charge in [0.1, 0.15) is 17.3 Å². The van der Waals surface area contributed by atoms with Gasteiger partial charge in [-0.3, -0.25) is 9.59 Å². The zero-order valence-corrected chi connectivity index (χ0v) is 23.2. The highest BCUT2D eigenvalue weighted by Crippen LogP contribution is 2.25. The Kier molecular flexibility index (Phi) is 9.09. The van der Waals surface area contributed by atoms with Crippen molar-refractivity contribution in [1.29, 1.82) is 0 Å². The highest BCUT2D eigenvalue weighted by atomic mass is 16.5. The third kappa shape index (κ3) is 7.31. The van der Waals surface area contributed by atoms with Gasteiger partial charge in [0.05, 0.1) is 12.3 Å². The predicted molar refractivity (Wildman–Crippen MR) is 158 cm³/mol. The van der Waals surface area contributed by atoms with Crippen LogP contribution in [-0.4, -0.2) is 28.6 Å². The van der Waals surface area contributed by atoms with Gasteiger partial charge in [-0.15, -0.1) is 0 Å². The van der Waals surface area contributed by atoms with E-state index in [1.165, 1.54) is 0 Å². The number of carbonyl (C=O) groups is 2. The van der Waals surface area contributed by atoms with Gasteiger partial charge < -0.3 is 19.0 Å². The molecule has 0 saturated carbocycles. The van der Waals surface area contributed by atoms with E-state index >= 15 is 0 Å². The molecule has 1 atom stereocenters. The van der Waals surface area contributed by atoms with Gasteiger partial charge in [0.25, 0.3) is 0 Å². The standard InChI is InChI=1S/C35H31NO6/c1-24-31(36-33(41-24)27-12-6-3-7-13-27)20-21-40-29-18-16-26(17-19-29)23-30(34(37)38)35(39)42-32-15-9-8-14-28(32)22-25-10-4-2-5-11-25/h2-19,30H,20-23H2,1H3,(H,37,38). The molecule has 5 aromatic rings. The zero-order chi connectivity index (χ0) is 29.3. The maximum absolute atomic E-state index is 13.0. The van der Waals surface area contributed by atoms with Gasteiger partial charge in [-0.2, -0.15) is 0 Å². The molecule has 0 aliphatic rings. The van der Waals surface area contributed by atoms with Crippen LogP contribution in [-0.2, 0) is 28.9 Å². The lowest BCUT2D eigenvalue weighted by molar-refractivity contribution is -0.152. The van der Waals surface area contributed by atoms with Crippen LogP contribution in [0.1, 0.15) is 28.1 Å². The van der Waals surface area contributed by atoms with E-state index in [4.69, 9.17) is 13.9 Å². The number of nitrogens with zero attached hydrogens (tertiary/aromatic N) is 1. The Morgan fingerprint density at radius 1 is 0.833 bits per heavy atom. The minimum absolute atomic E-state index is 0.00427. The summed E-state index contributed by atoms with van der Waals surface area (Å²) in [5.41, 5.74) is 4.30. The number of carboxylic acid groups (broad SMARTS) is 1. The fourth-order valence-corrected chi connectivity index (χ4v) is 4.60. The Balaban J connectivity index is 1.17. The maximum Gasteiger partial charge on any atom is 0.326 e. The number of aliphatic carboxylic acids is 1. The predicted octanol–water partition coefficient (Wildman–Crippen LogP) is 6.71. The third-order valence-electron chi connectivity index (χ3n) is 6.89. The molecule has 0 bridgehead atoms. The molecule has 0 aliphatic carbocycles. The van der Waals surface area contributed by atoms with E-state index in [9.17, 15) is 14.7 Å². The van der Waals surface area contributed by atoms with Crippen molar-refractivity contribution in [3.63, 3.8) is 0 Å². The average molecular weight is 562 g/mol. The van der Waals surface area contributed by atoms with Crippen LogP contribution in [0.25, 0.3) is 11.5 Å². The van der Waals surface area contributed by atoms with Crippen LogP contribution in [0, 0.1) is 12.8 Å². The van der Waals surface area contributed by atoms with Gasteiger partial charge in [-0.05, 0) is 60.4 Å². The first-order valence-electron chi connectivity index (χ1n) is 13.8. The molecule has 0 fully saturated rings. The summed E-state index contributed by atoms with van der Waals surface area (Å²) < 4.78 is 17.3. The van der Waals surface area contributed by atoms with Crippen molar-refractivity contribution in [3.05, 3.63) is 137 Å². The number of oxazole rings is 1. The van der Waals surface area contributed by atoms with Crippen LogP contribution in [0.3, 0.4) is 0 Å². The lowest BCUT2D eigenvalue weighted by Crippen LogP contribution is -2.30. The van der Waals surface area contributed by atoms with Gasteiger partial charge >= 0.3 is 11.9 Å². The molecule has 0 aliphatic heterocycles. The molecule has 1 aromatic heterocycles. The smallest absolute Gasteiger partial charge is 0.326 e. The summed E-state index contributed by atoms with van der Waals surface area (Å²) in [6.07, 6.45) is 1.13. The van der Waals surface area contributed by atoms with E-state index < -0.39 is 17.9 Å². The van der Waals surface area contributed by atoms with Crippen molar-refractivity contribution < 1.29 is 28.6 Å². The molecule has 42 heavy (non-hydrogen) atoms. The second kappa shape index (κ2) is 13.5. The lowest BCUT2D eigenvalue weighted by Gasteiger charge is -2.15. The number of rotatable bonds is 12. The van der Waals surface area contributed by atoms with E-state index in [0.717, 1.165) is 28.1 Å². The van der Waals surface area contributed by atoms with Crippen molar-refractivity contribution >= 4 is 11.9 Å². The van der Waals surface area contributed by atoms with Crippen LogP contribution in [0.5, 0.6) is 11.5 Å². The SMILES string of the molecule is Cc1oc(-c2ccccc2)nc1CCOc1ccc(CC(C(=O)O)C(=O)Oc2ccccc2Cc2ccccc2)cc1. The van der Waals surface area contributed by atoms with Gasteiger partial charge in [-0.25, -0.2) is 4.98 Å². The molecule has 0 amide bonds. The molecule has 0 spiro atoms. The van der Waals surface area contributed by atoms with Gasteiger partial charge in [-0.1, -0.05) is 78.9 Å². The van der Waals surface area contributed by atoms with Crippen LogP contribution in [0.4, 0.5) is 0 Å². The normalized spacial score (nSPS) is 11.5. The Morgan fingerprint density at radius 3 is 2.21 bits per heavy atom. The summed E-state index contributed by atoms with van der Waals surface area (Å²) in [7, 11) is 0. The van der Waals surface area contributed by atoms with Gasteiger partial charge in [0.2, 0.25) is 5.89 Å². The largest absolute Gasteiger partial charge is 0.493 e. The number of para-hydroxylation sites is 1. The number of aryl methyl sites for hydroxylation is 1. The Morgan fingerprint density at radius 2 is 1.50 bits per heavy atom. The number of hydrogen-bond donors (Lipinski definition) is 1. The van der Waals surface area contributed by atoms with E-state index in [1.54, 1.807) is 36.4 Å². The summed E-state index contributed by atoms with van der Waals surface area (Å²) in [5, 5.41) is 9.82. The van der Waals surface area contributed by atoms with Gasteiger partial charge in [0, 0.05) is 18.4 Å². The third-order valence-corrected chi connectivity index (χ3v) is 6.89. The number of hydrogen-bond acceptors (Lipinski definition) is 6. The summed E-state index contributed by atoms with van der Waals surface area (Å²) in [6, 6.07) is 33.8. The Labute approximate surface area is 244 Å².